The Balaban J connectivity index is 2.11. The third kappa shape index (κ3) is 5.14. The first kappa shape index (κ1) is 13.7. The van der Waals surface area contributed by atoms with Crippen molar-refractivity contribution >= 4 is 15.9 Å². The number of hydrogen-bond donors (Lipinski definition) is 1. The molecule has 0 unspecified atom stereocenters. The highest BCUT2D eigenvalue weighted by Gasteiger charge is 2.01. The van der Waals surface area contributed by atoms with E-state index in [0.717, 1.165) is 36.6 Å². The number of halogens is 1. The van der Waals surface area contributed by atoms with Crippen molar-refractivity contribution in [3.63, 3.8) is 0 Å². The van der Waals surface area contributed by atoms with Gasteiger partial charge in [-0.1, -0.05) is 13.8 Å². The maximum atomic E-state index is 5.40. The van der Waals surface area contributed by atoms with E-state index in [1.807, 2.05) is 12.1 Å². The molecule has 0 atom stereocenters. The minimum Gasteiger partial charge on any atom is -0.453 e. The Kier molecular flexibility index (Phi) is 6.76. The minimum absolute atomic E-state index is 0.797. The standard InChI is InChI=1S/C12H21BrN2O/c1-3-8-15(4-2)9-7-14-10-11-5-6-12(13)16-11/h5-6,14H,3-4,7-10H2,1-2H3. The highest BCUT2D eigenvalue weighted by atomic mass is 79.9. The van der Waals surface area contributed by atoms with Gasteiger partial charge in [0, 0.05) is 13.1 Å². The first-order valence-electron chi connectivity index (χ1n) is 5.93. The first-order valence-corrected chi connectivity index (χ1v) is 6.72. The topological polar surface area (TPSA) is 28.4 Å². The quantitative estimate of drug-likeness (QED) is 0.746. The highest BCUT2D eigenvalue weighted by Crippen LogP contribution is 2.13. The van der Waals surface area contributed by atoms with Crippen molar-refractivity contribution in [2.75, 3.05) is 26.2 Å². The molecule has 0 aliphatic carbocycles. The minimum atomic E-state index is 0.797. The smallest absolute Gasteiger partial charge is 0.169 e. The van der Waals surface area contributed by atoms with E-state index in [1.54, 1.807) is 0 Å². The van der Waals surface area contributed by atoms with E-state index in [4.69, 9.17) is 4.42 Å². The SMILES string of the molecule is CCCN(CC)CCNCc1ccc(Br)o1. The van der Waals surface area contributed by atoms with Crippen LogP contribution in [0.2, 0.25) is 0 Å². The van der Waals surface area contributed by atoms with Gasteiger partial charge in [0.25, 0.3) is 0 Å². The van der Waals surface area contributed by atoms with E-state index in [-0.39, 0.29) is 0 Å². The average molecular weight is 289 g/mol. The van der Waals surface area contributed by atoms with E-state index in [2.05, 4.69) is 40.0 Å². The summed E-state index contributed by atoms with van der Waals surface area (Å²) in [5.74, 6) is 0.977. The Hall–Kier alpha value is -0.320. The van der Waals surface area contributed by atoms with Crippen LogP contribution in [-0.4, -0.2) is 31.1 Å². The zero-order chi connectivity index (χ0) is 11.8. The fourth-order valence-electron chi connectivity index (χ4n) is 1.64. The first-order chi connectivity index (χ1) is 7.76. The van der Waals surface area contributed by atoms with E-state index in [1.165, 1.54) is 13.0 Å². The van der Waals surface area contributed by atoms with Gasteiger partial charge >= 0.3 is 0 Å². The lowest BCUT2D eigenvalue weighted by atomic mass is 10.4. The van der Waals surface area contributed by atoms with Gasteiger partial charge in [0.2, 0.25) is 0 Å². The molecule has 0 aliphatic rings. The van der Waals surface area contributed by atoms with Gasteiger partial charge in [0.05, 0.1) is 6.54 Å². The second-order valence-electron chi connectivity index (χ2n) is 3.82. The number of hydrogen-bond acceptors (Lipinski definition) is 3. The van der Waals surface area contributed by atoms with E-state index >= 15 is 0 Å². The van der Waals surface area contributed by atoms with E-state index < -0.39 is 0 Å². The van der Waals surface area contributed by atoms with Crippen molar-refractivity contribution < 1.29 is 4.42 Å². The van der Waals surface area contributed by atoms with Crippen molar-refractivity contribution in [2.24, 2.45) is 0 Å². The second kappa shape index (κ2) is 7.87. The molecule has 0 spiro atoms. The van der Waals surface area contributed by atoms with Crippen molar-refractivity contribution in [1.82, 2.24) is 10.2 Å². The third-order valence-electron chi connectivity index (χ3n) is 2.52. The summed E-state index contributed by atoms with van der Waals surface area (Å²) in [5, 5.41) is 3.38. The van der Waals surface area contributed by atoms with Gasteiger partial charge in [-0.15, -0.1) is 0 Å². The molecular weight excluding hydrogens is 268 g/mol. The lowest BCUT2D eigenvalue weighted by Crippen LogP contribution is -2.32. The number of likely N-dealkylation sites (N-methyl/N-ethyl adjacent to an activating group) is 1. The second-order valence-corrected chi connectivity index (χ2v) is 4.60. The molecule has 92 valence electrons. The molecule has 0 bridgehead atoms. The number of rotatable bonds is 8. The molecule has 1 rings (SSSR count). The van der Waals surface area contributed by atoms with Crippen molar-refractivity contribution in [1.29, 1.82) is 0 Å². The summed E-state index contributed by atoms with van der Waals surface area (Å²) < 4.78 is 6.20. The molecule has 0 saturated carbocycles. The van der Waals surface area contributed by atoms with E-state index in [9.17, 15) is 0 Å². The van der Waals surface area contributed by atoms with Crippen LogP contribution in [0.1, 0.15) is 26.0 Å². The Morgan fingerprint density at radius 2 is 2.12 bits per heavy atom. The van der Waals surface area contributed by atoms with Crippen LogP contribution in [0.25, 0.3) is 0 Å². The summed E-state index contributed by atoms with van der Waals surface area (Å²) in [7, 11) is 0. The van der Waals surface area contributed by atoms with Gasteiger partial charge in [0.1, 0.15) is 5.76 Å². The summed E-state index contributed by atoms with van der Waals surface area (Å²) in [6.45, 7) is 9.65. The van der Waals surface area contributed by atoms with Gasteiger partial charge in [0.15, 0.2) is 4.67 Å². The molecule has 1 heterocycles. The van der Waals surface area contributed by atoms with Crippen LogP contribution in [-0.2, 0) is 6.54 Å². The Bertz CT molecular complexity index is 288. The Labute approximate surface area is 106 Å². The molecule has 1 aromatic rings. The number of furan rings is 1. The molecule has 0 aromatic carbocycles. The van der Waals surface area contributed by atoms with Crippen LogP contribution in [0.5, 0.6) is 0 Å². The van der Waals surface area contributed by atoms with Crippen molar-refractivity contribution in [3.05, 3.63) is 22.6 Å². The fraction of sp³-hybridized carbons (Fsp3) is 0.667. The van der Waals surface area contributed by atoms with Crippen molar-refractivity contribution in [2.45, 2.75) is 26.8 Å². The maximum absolute atomic E-state index is 5.40. The molecule has 0 amide bonds. The maximum Gasteiger partial charge on any atom is 0.169 e. The molecule has 0 radical (unpaired) electrons. The highest BCUT2D eigenvalue weighted by molar-refractivity contribution is 9.10. The molecule has 0 saturated heterocycles. The van der Waals surface area contributed by atoms with Crippen molar-refractivity contribution in [3.8, 4) is 0 Å². The van der Waals surface area contributed by atoms with E-state index in [0.29, 0.717) is 0 Å². The summed E-state index contributed by atoms with van der Waals surface area (Å²) >= 11 is 3.29. The number of nitrogens with one attached hydrogen (secondary N) is 1. The molecule has 1 N–H and O–H groups in total. The molecule has 0 fully saturated rings. The average Bonchev–Trinajstić information content (AvgIpc) is 2.69. The van der Waals surface area contributed by atoms with Gasteiger partial charge in [-0.05, 0) is 47.6 Å². The zero-order valence-electron chi connectivity index (χ0n) is 10.1. The summed E-state index contributed by atoms with van der Waals surface area (Å²) in [5.41, 5.74) is 0. The fourth-order valence-corrected chi connectivity index (χ4v) is 1.98. The van der Waals surface area contributed by atoms with Gasteiger partial charge < -0.3 is 14.6 Å². The molecule has 3 nitrogen and oxygen atoms in total. The van der Waals surface area contributed by atoms with Gasteiger partial charge in [-0.2, -0.15) is 0 Å². The molecular formula is C12H21BrN2O. The number of nitrogens with zero attached hydrogens (tertiary/aromatic N) is 1. The Morgan fingerprint density at radius 3 is 2.69 bits per heavy atom. The van der Waals surface area contributed by atoms with Crippen LogP contribution in [0, 0.1) is 0 Å². The lowest BCUT2D eigenvalue weighted by Gasteiger charge is -2.19. The van der Waals surface area contributed by atoms with Gasteiger partial charge in [-0.25, -0.2) is 0 Å². The predicted octanol–water partition coefficient (Wildman–Crippen LogP) is 2.86. The molecule has 16 heavy (non-hydrogen) atoms. The van der Waals surface area contributed by atoms with Gasteiger partial charge in [-0.3, -0.25) is 0 Å². The van der Waals surface area contributed by atoms with Crippen LogP contribution >= 0.6 is 15.9 Å². The molecule has 4 heteroatoms. The van der Waals surface area contributed by atoms with Crippen LogP contribution in [0.4, 0.5) is 0 Å². The van der Waals surface area contributed by atoms with Crippen LogP contribution in [0.3, 0.4) is 0 Å². The Morgan fingerprint density at radius 1 is 1.31 bits per heavy atom. The summed E-state index contributed by atoms with van der Waals surface area (Å²) in [6.07, 6.45) is 1.22. The van der Waals surface area contributed by atoms with Crippen LogP contribution < -0.4 is 5.32 Å². The predicted molar refractivity (Wildman–Crippen MR) is 70.5 cm³/mol. The molecule has 1 aromatic heterocycles. The monoisotopic (exact) mass is 288 g/mol. The van der Waals surface area contributed by atoms with Crippen LogP contribution in [0.15, 0.2) is 21.2 Å². The summed E-state index contributed by atoms with van der Waals surface area (Å²) in [4.78, 5) is 2.45. The summed E-state index contributed by atoms with van der Waals surface area (Å²) in [6, 6.07) is 3.91. The normalized spacial score (nSPS) is 11.2. The molecule has 0 aliphatic heterocycles. The zero-order valence-corrected chi connectivity index (χ0v) is 11.7. The lowest BCUT2D eigenvalue weighted by molar-refractivity contribution is 0.286. The third-order valence-corrected chi connectivity index (χ3v) is 2.95. The largest absolute Gasteiger partial charge is 0.453 e.